The third kappa shape index (κ3) is 1.10. The summed E-state index contributed by atoms with van der Waals surface area (Å²) >= 11 is 0. The molecular weight excluding hydrogens is 176 g/mol. The maximum Gasteiger partial charge on any atom is 0.292 e. The lowest BCUT2D eigenvalue weighted by Crippen LogP contribution is -2.11. The number of hydrogen-bond acceptors (Lipinski definition) is 3. The molecular formula is C8H12O3S. The van der Waals surface area contributed by atoms with E-state index in [0.29, 0.717) is 10.8 Å². The summed E-state index contributed by atoms with van der Waals surface area (Å²) in [7, 11) is -2.14. The fourth-order valence-electron chi connectivity index (χ4n) is 2.18. The van der Waals surface area contributed by atoms with E-state index in [-0.39, 0.29) is 5.92 Å². The van der Waals surface area contributed by atoms with Gasteiger partial charge in [0, 0.05) is 0 Å². The quantitative estimate of drug-likeness (QED) is 0.613. The standard InChI is InChI=1S/C8H12O3S/c1-11-12(9,10)8-5-6-2-3-7(8)4-6/h5-7H,2-4H2,1H3. The van der Waals surface area contributed by atoms with Crippen LogP contribution in [0, 0.1) is 11.8 Å². The van der Waals surface area contributed by atoms with Gasteiger partial charge in [0.15, 0.2) is 0 Å². The fraction of sp³-hybridized carbons (Fsp3) is 0.750. The molecule has 0 N–H and O–H groups in total. The van der Waals surface area contributed by atoms with Crippen molar-refractivity contribution in [2.75, 3.05) is 7.11 Å². The summed E-state index contributed by atoms with van der Waals surface area (Å²) < 4.78 is 27.1. The lowest BCUT2D eigenvalue weighted by molar-refractivity contribution is 0.399. The van der Waals surface area contributed by atoms with E-state index in [1.165, 1.54) is 7.11 Å². The first-order chi connectivity index (χ1) is 5.63. The molecule has 2 bridgehead atoms. The van der Waals surface area contributed by atoms with Crippen molar-refractivity contribution >= 4 is 10.1 Å². The first kappa shape index (κ1) is 8.26. The van der Waals surface area contributed by atoms with Gasteiger partial charge < -0.3 is 0 Å². The fourth-order valence-corrected chi connectivity index (χ4v) is 3.35. The normalized spacial score (nSPS) is 33.9. The van der Waals surface area contributed by atoms with Gasteiger partial charge in [-0.3, -0.25) is 4.18 Å². The van der Waals surface area contributed by atoms with Crippen LogP contribution in [0.2, 0.25) is 0 Å². The molecule has 0 spiro atoms. The largest absolute Gasteiger partial charge is 0.292 e. The van der Waals surface area contributed by atoms with Gasteiger partial charge in [0.1, 0.15) is 0 Å². The van der Waals surface area contributed by atoms with Crippen molar-refractivity contribution in [2.24, 2.45) is 11.8 Å². The molecule has 2 atom stereocenters. The maximum absolute atomic E-state index is 11.3. The molecule has 68 valence electrons. The third-order valence-corrected chi connectivity index (χ3v) is 4.27. The van der Waals surface area contributed by atoms with Crippen LogP contribution in [-0.2, 0) is 14.3 Å². The summed E-state index contributed by atoms with van der Waals surface area (Å²) in [5, 5.41) is 0. The van der Waals surface area contributed by atoms with Gasteiger partial charge in [-0.15, -0.1) is 0 Å². The van der Waals surface area contributed by atoms with Crippen LogP contribution in [0.15, 0.2) is 11.0 Å². The van der Waals surface area contributed by atoms with Crippen molar-refractivity contribution in [2.45, 2.75) is 19.3 Å². The molecule has 2 rings (SSSR count). The molecule has 0 aliphatic heterocycles. The molecule has 1 saturated carbocycles. The highest BCUT2D eigenvalue weighted by Crippen LogP contribution is 2.45. The average Bonchev–Trinajstić information content (AvgIpc) is 2.64. The Balaban J connectivity index is 2.33. The SMILES string of the molecule is COS(=O)(=O)C1=CC2CCC1C2. The molecule has 0 amide bonds. The smallest absolute Gasteiger partial charge is 0.270 e. The third-order valence-electron chi connectivity index (χ3n) is 2.78. The molecule has 4 heteroatoms. The topological polar surface area (TPSA) is 43.4 Å². The van der Waals surface area contributed by atoms with Gasteiger partial charge in [0.2, 0.25) is 0 Å². The molecule has 0 aromatic carbocycles. The Kier molecular flexibility index (Phi) is 1.77. The monoisotopic (exact) mass is 188 g/mol. The van der Waals surface area contributed by atoms with Crippen LogP contribution >= 0.6 is 0 Å². The van der Waals surface area contributed by atoms with E-state index in [1.54, 1.807) is 0 Å². The highest BCUT2D eigenvalue weighted by Gasteiger charge is 2.38. The Morgan fingerprint density at radius 3 is 2.67 bits per heavy atom. The lowest BCUT2D eigenvalue weighted by atomic mass is 10.1. The predicted molar refractivity (Wildman–Crippen MR) is 44.8 cm³/mol. The van der Waals surface area contributed by atoms with Crippen LogP contribution in [-0.4, -0.2) is 15.5 Å². The zero-order valence-electron chi connectivity index (χ0n) is 6.99. The van der Waals surface area contributed by atoms with Gasteiger partial charge in [-0.2, -0.15) is 8.42 Å². The van der Waals surface area contributed by atoms with Crippen LogP contribution in [0.5, 0.6) is 0 Å². The van der Waals surface area contributed by atoms with E-state index in [2.05, 4.69) is 4.18 Å². The van der Waals surface area contributed by atoms with Crippen LogP contribution in [0.3, 0.4) is 0 Å². The Morgan fingerprint density at radius 2 is 2.25 bits per heavy atom. The van der Waals surface area contributed by atoms with Crippen LogP contribution < -0.4 is 0 Å². The van der Waals surface area contributed by atoms with E-state index in [4.69, 9.17) is 0 Å². The van der Waals surface area contributed by atoms with E-state index in [9.17, 15) is 8.42 Å². The molecule has 2 aliphatic carbocycles. The number of fused-ring (bicyclic) bond motifs is 2. The number of hydrogen-bond donors (Lipinski definition) is 0. The molecule has 0 aromatic rings. The van der Waals surface area contributed by atoms with Crippen molar-refractivity contribution in [1.82, 2.24) is 0 Å². The summed E-state index contributed by atoms with van der Waals surface area (Å²) in [4.78, 5) is 0.529. The van der Waals surface area contributed by atoms with Crippen LogP contribution in [0.4, 0.5) is 0 Å². The molecule has 0 radical (unpaired) electrons. The molecule has 0 aromatic heterocycles. The van der Waals surface area contributed by atoms with Gasteiger partial charge in [0.25, 0.3) is 10.1 Å². The van der Waals surface area contributed by atoms with Gasteiger partial charge in [0.05, 0.1) is 12.0 Å². The van der Waals surface area contributed by atoms with Crippen molar-refractivity contribution in [3.05, 3.63) is 11.0 Å². The minimum Gasteiger partial charge on any atom is -0.270 e. The van der Waals surface area contributed by atoms with Gasteiger partial charge in [-0.25, -0.2) is 0 Å². The first-order valence-corrected chi connectivity index (χ1v) is 5.56. The Labute approximate surface area is 72.5 Å². The summed E-state index contributed by atoms with van der Waals surface area (Å²) in [6.45, 7) is 0. The second kappa shape index (κ2) is 2.57. The van der Waals surface area contributed by atoms with Crippen molar-refractivity contribution in [1.29, 1.82) is 0 Å². The molecule has 12 heavy (non-hydrogen) atoms. The predicted octanol–water partition coefficient (Wildman–Crippen LogP) is 1.28. The van der Waals surface area contributed by atoms with Crippen molar-refractivity contribution in [3.8, 4) is 0 Å². The Hall–Kier alpha value is -0.350. The molecule has 2 aliphatic rings. The lowest BCUT2D eigenvalue weighted by Gasteiger charge is -2.11. The second-order valence-corrected chi connectivity index (χ2v) is 5.17. The van der Waals surface area contributed by atoms with E-state index >= 15 is 0 Å². The Morgan fingerprint density at radius 1 is 1.50 bits per heavy atom. The highest BCUT2D eigenvalue weighted by molar-refractivity contribution is 7.90. The molecule has 0 heterocycles. The van der Waals surface area contributed by atoms with Gasteiger partial charge >= 0.3 is 0 Å². The Bertz CT molecular complexity index is 315. The zero-order valence-corrected chi connectivity index (χ0v) is 7.80. The molecule has 3 nitrogen and oxygen atoms in total. The van der Waals surface area contributed by atoms with E-state index in [1.807, 2.05) is 6.08 Å². The van der Waals surface area contributed by atoms with Crippen LogP contribution in [0.25, 0.3) is 0 Å². The first-order valence-electron chi connectivity index (χ1n) is 4.16. The minimum atomic E-state index is -3.37. The summed E-state index contributed by atoms with van der Waals surface area (Å²) in [6.07, 6.45) is 5.04. The number of rotatable bonds is 2. The zero-order chi connectivity index (χ0) is 8.77. The number of allylic oxidation sites excluding steroid dienone is 2. The summed E-state index contributed by atoms with van der Waals surface area (Å²) in [5.41, 5.74) is 0. The van der Waals surface area contributed by atoms with Crippen LogP contribution in [0.1, 0.15) is 19.3 Å². The van der Waals surface area contributed by atoms with E-state index in [0.717, 1.165) is 19.3 Å². The molecule has 0 saturated heterocycles. The summed E-state index contributed by atoms with van der Waals surface area (Å²) in [6, 6.07) is 0. The van der Waals surface area contributed by atoms with E-state index < -0.39 is 10.1 Å². The molecule has 2 unspecified atom stereocenters. The van der Waals surface area contributed by atoms with Gasteiger partial charge in [-0.05, 0) is 31.1 Å². The molecule has 1 fully saturated rings. The summed E-state index contributed by atoms with van der Waals surface area (Å²) in [5.74, 6) is 0.745. The van der Waals surface area contributed by atoms with Crippen molar-refractivity contribution in [3.63, 3.8) is 0 Å². The minimum absolute atomic E-state index is 0.250. The van der Waals surface area contributed by atoms with Crippen molar-refractivity contribution < 1.29 is 12.6 Å². The second-order valence-electron chi connectivity index (χ2n) is 3.46. The highest BCUT2D eigenvalue weighted by atomic mass is 32.2. The van der Waals surface area contributed by atoms with Gasteiger partial charge in [-0.1, -0.05) is 6.08 Å². The average molecular weight is 188 g/mol. The maximum atomic E-state index is 11.3.